The monoisotopic (exact) mass is 382 g/mol. The highest BCUT2D eigenvalue weighted by atomic mass is 79.9. The van der Waals surface area contributed by atoms with E-state index < -0.39 is 0 Å². The Morgan fingerprint density at radius 1 is 1.05 bits per heavy atom. The molecule has 2 aromatic rings. The zero-order chi connectivity index (χ0) is 13.8. The first kappa shape index (κ1) is 14.7. The summed E-state index contributed by atoms with van der Waals surface area (Å²) < 4.78 is 2.09. The van der Waals surface area contributed by atoms with Crippen LogP contribution in [0.5, 0.6) is 0 Å². The van der Waals surface area contributed by atoms with E-state index in [-0.39, 0.29) is 6.04 Å². The van der Waals surface area contributed by atoms with Crippen molar-refractivity contribution in [2.45, 2.75) is 19.4 Å². The van der Waals surface area contributed by atoms with Gasteiger partial charge in [0.1, 0.15) is 0 Å². The standard InChI is InChI=1S/C15H16Br2N2/c1-10-2-4-11(5-3-10)6-15(19-18)12-7-13(16)9-14(17)8-12/h2-5,7-9,15,19H,6,18H2,1H3. The van der Waals surface area contributed by atoms with Gasteiger partial charge < -0.3 is 0 Å². The SMILES string of the molecule is Cc1ccc(CC(NN)c2cc(Br)cc(Br)c2)cc1. The number of hydrazine groups is 1. The lowest BCUT2D eigenvalue weighted by atomic mass is 9.99. The van der Waals surface area contributed by atoms with Gasteiger partial charge in [-0.1, -0.05) is 61.7 Å². The molecule has 0 radical (unpaired) electrons. The van der Waals surface area contributed by atoms with Gasteiger partial charge in [-0.05, 0) is 42.7 Å². The van der Waals surface area contributed by atoms with E-state index in [0.717, 1.165) is 20.9 Å². The molecule has 0 heterocycles. The average Bonchev–Trinajstić information content (AvgIpc) is 2.37. The summed E-state index contributed by atoms with van der Waals surface area (Å²) in [7, 11) is 0. The number of hydrogen-bond donors (Lipinski definition) is 2. The molecule has 2 rings (SSSR count). The van der Waals surface area contributed by atoms with Crippen LogP contribution >= 0.6 is 31.9 Å². The molecule has 0 aliphatic carbocycles. The van der Waals surface area contributed by atoms with Crippen LogP contribution in [-0.4, -0.2) is 0 Å². The van der Waals surface area contributed by atoms with Gasteiger partial charge in [-0.2, -0.15) is 0 Å². The average molecular weight is 384 g/mol. The predicted molar refractivity (Wildman–Crippen MR) is 86.8 cm³/mol. The van der Waals surface area contributed by atoms with E-state index in [1.54, 1.807) is 0 Å². The van der Waals surface area contributed by atoms with Gasteiger partial charge in [-0.3, -0.25) is 11.3 Å². The molecular weight excluding hydrogens is 368 g/mol. The van der Waals surface area contributed by atoms with Crippen LogP contribution in [-0.2, 0) is 6.42 Å². The Hall–Kier alpha value is -0.680. The molecule has 0 amide bonds. The summed E-state index contributed by atoms with van der Waals surface area (Å²) >= 11 is 7.01. The van der Waals surface area contributed by atoms with Crippen molar-refractivity contribution in [1.29, 1.82) is 0 Å². The number of aryl methyl sites for hydroxylation is 1. The first-order valence-corrected chi connectivity index (χ1v) is 7.65. The van der Waals surface area contributed by atoms with Gasteiger partial charge in [0, 0.05) is 8.95 Å². The summed E-state index contributed by atoms with van der Waals surface area (Å²) in [4.78, 5) is 0. The number of hydrogen-bond acceptors (Lipinski definition) is 2. The van der Waals surface area contributed by atoms with Crippen molar-refractivity contribution in [2.24, 2.45) is 5.84 Å². The van der Waals surface area contributed by atoms with Crippen LogP contribution < -0.4 is 11.3 Å². The minimum Gasteiger partial charge on any atom is -0.271 e. The second kappa shape index (κ2) is 6.66. The predicted octanol–water partition coefficient (Wildman–Crippen LogP) is 4.27. The van der Waals surface area contributed by atoms with Gasteiger partial charge in [-0.25, -0.2) is 0 Å². The molecular formula is C15H16Br2N2. The van der Waals surface area contributed by atoms with E-state index >= 15 is 0 Å². The van der Waals surface area contributed by atoms with E-state index in [4.69, 9.17) is 5.84 Å². The Morgan fingerprint density at radius 3 is 2.16 bits per heavy atom. The fraction of sp³-hybridized carbons (Fsp3) is 0.200. The highest BCUT2D eigenvalue weighted by Crippen LogP contribution is 2.26. The van der Waals surface area contributed by atoms with E-state index in [9.17, 15) is 0 Å². The highest BCUT2D eigenvalue weighted by Gasteiger charge is 2.12. The maximum atomic E-state index is 5.70. The Labute approximate surface area is 130 Å². The molecule has 0 spiro atoms. The fourth-order valence-corrected chi connectivity index (χ4v) is 3.34. The maximum Gasteiger partial charge on any atom is 0.0501 e. The van der Waals surface area contributed by atoms with Crippen molar-refractivity contribution in [1.82, 2.24) is 5.43 Å². The third-order valence-corrected chi connectivity index (χ3v) is 3.96. The topological polar surface area (TPSA) is 38.0 Å². The zero-order valence-corrected chi connectivity index (χ0v) is 13.8. The number of benzene rings is 2. The van der Waals surface area contributed by atoms with Crippen molar-refractivity contribution >= 4 is 31.9 Å². The molecule has 0 aliphatic rings. The largest absolute Gasteiger partial charge is 0.271 e. The van der Waals surface area contributed by atoms with E-state index in [0.29, 0.717) is 0 Å². The molecule has 1 unspecified atom stereocenters. The number of nitrogens with one attached hydrogen (secondary N) is 1. The van der Waals surface area contributed by atoms with Crippen molar-refractivity contribution in [3.63, 3.8) is 0 Å². The van der Waals surface area contributed by atoms with Crippen LogP contribution in [0.3, 0.4) is 0 Å². The summed E-state index contributed by atoms with van der Waals surface area (Å²) in [5, 5.41) is 0. The smallest absolute Gasteiger partial charge is 0.0501 e. The number of halogens is 2. The van der Waals surface area contributed by atoms with Crippen LogP contribution in [0.4, 0.5) is 0 Å². The second-order valence-electron chi connectivity index (χ2n) is 4.61. The second-order valence-corrected chi connectivity index (χ2v) is 6.44. The van der Waals surface area contributed by atoms with Gasteiger partial charge in [0.2, 0.25) is 0 Å². The lowest BCUT2D eigenvalue weighted by Crippen LogP contribution is -2.29. The van der Waals surface area contributed by atoms with Gasteiger partial charge in [0.25, 0.3) is 0 Å². The summed E-state index contributed by atoms with van der Waals surface area (Å²) in [5.41, 5.74) is 6.59. The van der Waals surface area contributed by atoms with Gasteiger partial charge in [0.05, 0.1) is 6.04 Å². The minimum absolute atomic E-state index is 0.0940. The molecule has 2 aromatic carbocycles. The summed E-state index contributed by atoms with van der Waals surface area (Å²) in [6.45, 7) is 2.09. The van der Waals surface area contributed by atoms with Crippen molar-refractivity contribution in [3.05, 3.63) is 68.1 Å². The van der Waals surface area contributed by atoms with Crippen LogP contribution in [0.25, 0.3) is 0 Å². The first-order valence-electron chi connectivity index (χ1n) is 6.06. The molecule has 100 valence electrons. The molecule has 0 bridgehead atoms. The van der Waals surface area contributed by atoms with E-state index in [1.807, 2.05) is 6.07 Å². The van der Waals surface area contributed by atoms with Crippen LogP contribution in [0, 0.1) is 6.92 Å². The molecule has 0 aromatic heterocycles. The van der Waals surface area contributed by atoms with Gasteiger partial charge in [0.15, 0.2) is 0 Å². The minimum atomic E-state index is 0.0940. The molecule has 0 aliphatic heterocycles. The van der Waals surface area contributed by atoms with Gasteiger partial charge in [-0.15, -0.1) is 0 Å². The quantitative estimate of drug-likeness (QED) is 0.611. The number of rotatable bonds is 4. The van der Waals surface area contributed by atoms with Crippen molar-refractivity contribution < 1.29 is 0 Å². The Balaban J connectivity index is 2.22. The Morgan fingerprint density at radius 2 is 1.63 bits per heavy atom. The van der Waals surface area contributed by atoms with Crippen LogP contribution in [0.2, 0.25) is 0 Å². The highest BCUT2D eigenvalue weighted by molar-refractivity contribution is 9.11. The van der Waals surface area contributed by atoms with Crippen molar-refractivity contribution in [3.8, 4) is 0 Å². The Kier molecular flexibility index (Phi) is 5.16. The first-order chi connectivity index (χ1) is 9.08. The lowest BCUT2D eigenvalue weighted by molar-refractivity contribution is 0.551. The fourth-order valence-electron chi connectivity index (χ4n) is 2.01. The van der Waals surface area contributed by atoms with Crippen LogP contribution in [0.1, 0.15) is 22.7 Å². The molecule has 1 atom stereocenters. The molecule has 3 N–H and O–H groups in total. The molecule has 0 saturated heterocycles. The zero-order valence-electron chi connectivity index (χ0n) is 10.7. The van der Waals surface area contributed by atoms with E-state index in [2.05, 4.69) is 80.6 Å². The molecule has 0 fully saturated rings. The van der Waals surface area contributed by atoms with E-state index in [1.165, 1.54) is 11.1 Å². The normalized spacial score (nSPS) is 12.4. The number of nitrogens with two attached hydrogens (primary N) is 1. The third kappa shape index (κ3) is 4.14. The molecule has 19 heavy (non-hydrogen) atoms. The molecule has 0 saturated carbocycles. The lowest BCUT2D eigenvalue weighted by Gasteiger charge is -2.17. The Bertz CT molecular complexity index is 532. The molecule has 4 heteroatoms. The van der Waals surface area contributed by atoms with Gasteiger partial charge >= 0.3 is 0 Å². The maximum absolute atomic E-state index is 5.70. The van der Waals surface area contributed by atoms with Crippen molar-refractivity contribution in [2.75, 3.05) is 0 Å². The van der Waals surface area contributed by atoms with Crippen LogP contribution in [0.15, 0.2) is 51.4 Å². The summed E-state index contributed by atoms with van der Waals surface area (Å²) in [6.07, 6.45) is 0.861. The summed E-state index contributed by atoms with van der Waals surface area (Å²) in [5.74, 6) is 5.70. The molecule has 2 nitrogen and oxygen atoms in total. The third-order valence-electron chi connectivity index (χ3n) is 3.05. The summed E-state index contributed by atoms with van der Waals surface area (Å²) in [6, 6.07) is 14.8.